The Hall–Kier alpha value is -0.850. The molecule has 0 bridgehead atoms. The van der Waals surface area contributed by atoms with E-state index in [1.807, 2.05) is 66.3 Å². The quantitative estimate of drug-likeness (QED) is 0.110. The Morgan fingerprint density at radius 3 is 2.40 bits per heavy atom. The van der Waals surface area contributed by atoms with E-state index in [0.717, 1.165) is 16.8 Å². The van der Waals surface area contributed by atoms with Gasteiger partial charge in [0.25, 0.3) is 0 Å². The average molecular weight is 553 g/mol. The van der Waals surface area contributed by atoms with Crippen LogP contribution >= 0.6 is 30.3 Å². The molecule has 6 nitrogen and oxygen atoms in total. The maximum absolute atomic E-state index is 14.8. The molecule has 0 aliphatic rings. The van der Waals surface area contributed by atoms with Crippen LogP contribution in [-0.2, 0) is 6.42 Å². The van der Waals surface area contributed by atoms with Gasteiger partial charge < -0.3 is 21.3 Å². The van der Waals surface area contributed by atoms with Crippen molar-refractivity contribution in [3.05, 3.63) is 47.4 Å². The summed E-state index contributed by atoms with van der Waals surface area (Å²) in [5.74, 6) is 5.61. The van der Waals surface area contributed by atoms with Crippen LogP contribution in [0.25, 0.3) is 6.08 Å². The second-order valence-corrected chi connectivity index (χ2v) is 9.12. The number of nitrogens with zero attached hydrogens (tertiary/aromatic N) is 2. The Balaban J connectivity index is 0.00000150. The molecule has 0 amide bonds. The number of hydrazine groups is 1. The van der Waals surface area contributed by atoms with E-state index < -0.39 is 0 Å². The van der Waals surface area contributed by atoms with Crippen molar-refractivity contribution < 1.29 is 4.39 Å². The van der Waals surface area contributed by atoms with Gasteiger partial charge in [0, 0.05) is 66.8 Å². The zero-order valence-electron chi connectivity index (χ0n) is 19.0. The monoisotopic (exact) mass is 552 g/mol. The average Bonchev–Trinajstić information content (AvgIpc) is 2.69. The highest BCUT2D eigenvalue weighted by molar-refractivity contribution is 14.2. The maximum Gasteiger partial charge on any atom is 0.149 e. The van der Waals surface area contributed by atoms with Gasteiger partial charge in [0.15, 0.2) is 0 Å². The normalized spacial score (nSPS) is 12.5. The topological polar surface area (TPSA) is 82.6 Å². The Labute approximate surface area is 198 Å². The van der Waals surface area contributed by atoms with Gasteiger partial charge in [-0.15, -0.1) is 6.58 Å². The number of hydrogen-bond donors (Lipinski definition) is 4. The highest BCUT2D eigenvalue weighted by Crippen LogP contribution is 2.32. The largest absolute Gasteiger partial charge is 0.385 e. The number of benzene rings is 1. The molecule has 0 aliphatic carbocycles. The number of halogens is 2. The van der Waals surface area contributed by atoms with Crippen molar-refractivity contribution in [2.24, 2.45) is 11.6 Å². The van der Waals surface area contributed by atoms with E-state index in [1.54, 1.807) is 6.08 Å². The van der Waals surface area contributed by atoms with Crippen LogP contribution < -0.4 is 26.6 Å². The number of likely N-dealkylation sites (N-methyl/N-ethyl adjacent to an activating group) is 1. The summed E-state index contributed by atoms with van der Waals surface area (Å²) in [5.41, 5.74) is 8.72. The Morgan fingerprint density at radius 2 is 1.97 bits per heavy atom. The molecule has 30 heavy (non-hydrogen) atoms. The molecule has 172 valence electrons. The summed E-state index contributed by atoms with van der Waals surface area (Å²) in [6, 6.07) is 4.29. The van der Waals surface area contributed by atoms with E-state index in [0.29, 0.717) is 31.2 Å². The van der Waals surface area contributed by atoms with E-state index in [2.05, 4.69) is 31.1 Å². The van der Waals surface area contributed by atoms with Crippen LogP contribution in [0.5, 0.6) is 0 Å². The first kappa shape index (κ1) is 29.1. The van der Waals surface area contributed by atoms with E-state index >= 15 is 0 Å². The van der Waals surface area contributed by atoms with Gasteiger partial charge in [0.1, 0.15) is 11.5 Å². The summed E-state index contributed by atoms with van der Waals surface area (Å²) < 4.78 is 16.1. The molecular formula is C21H38FIN6S. The fourth-order valence-electron chi connectivity index (χ4n) is 2.44. The van der Waals surface area contributed by atoms with Crippen LogP contribution in [0, 0.1) is 5.82 Å². The van der Waals surface area contributed by atoms with Crippen LogP contribution in [0.3, 0.4) is 0 Å². The van der Waals surface area contributed by atoms with Crippen molar-refractivity contribution in [3.8, 4) is 0 Å². The standard InChI is InChI=1S/C17H27FIN5S.C4H11N/c1-5-6-22-12(2)7-14-8-13(9-15(11-20)23(3)4)10-16(18)17(14)24(21)25-19;1-4(2)5-3/h5,7-8,10,15,22H,1,6,9,11,20-21H2,2-4H3;4-5H,1-3H3/b12-7-;. The fourth-order valence-corrected chi connectivity index (χ4v) is 3.29. The van der Waals surface area contributed by atoms with Crippen molar-refractivity contribution in [1.29, 1.82) is 0 Å². The lowest BCUT2D eigenvalue weighted by Gasteiger charge is -2.24. The molecule has 0 saturated carbocycles. The van der Waals surface area contributed by atoms with Gasteiger partial charge >= 0.3 is 0 Å². The van der Waals surface area contributed by atoms with Crippen LogP contribution in [0.2, 0.25) is 0 Å². The van der Waals surface area contributed by atoms with Gasteiger partial charge in [-0.3, -0.25) is 0 Å². The van der Waals surface area contributed by atoms with E-state index in [-0.39, 0.29) is 11.9 Å². The van der Waals surface area contributed by atoms with Crippen molar-refractivity contribution >= 4 is 42.1 Å². The number of rotatable bonds is 11. The van der Waals surface area contributed by atoms with Gasteiger partial charge in [-0.1, -0.05) is 19.9 Å². The number of hydrogen-bond acceptors (Lipinski definition) is 7. The number of nitrogens with two attached hydrogens (primary N) is 2. The Bertz CT molecular complexity index is 669. The molecule has 1 aromatic carbocycles. The third kappa shape index (κ3) is 11.0. The summed E-state index contributed by atoms with van der Waals surface area (Å²) in [6.07, 6.45) is 4.34. The zero-order valence-corrected chi connectivity index (χ0v) is 22.0. The molecule has 0 radical (unpaired) electrons. The minimum Gasteiger partial charge on any atom is -0.385 e. The zero-order chi connectivity index (χ0) is 23.3. The maximum atomic E-state index is 14.8. The third-order valence-corrected chi connectivity index (χ3v) is 6.00. The minimum absolute atomic E-state index is 0.148. The molecule has 0 fully saturated rings. The SMILES string of the molecule is C=CCN/C(C)=C\c1cc(CC(CN)N(C)C)cc(F)c1N(N)SI.CNC(C)C. The summed E-state index contributed by atoms with van der Waals surface area (Å²) in [7, 11) is 7.12. The third-order valence-electron chi connectivity index (χ3n) is 4.40. The first-order chi connectivity index (χ1) is 14.1. The molecule has 0 saturated heterocycles. The van der Waals surface area contributed by atoms with Crippen molar-refractivity contribution in [2.45, 2.75) is 39.3 Å². The Morgan fingerprint density at radius 1 is 1.37 bits per heavy atom. The first-order valence-corrected chi connectivity index (χ1v) is 13.2. The molecule has 0 aliphatic heterocycles. The molecular weight excluding hydrogens is 514 g/mol. The smallest absolute Gasteiger partial charge is 0.149 e. The van der Waals surface area contributed by atoms with Crippen molar-refractivity contribution in [2.75, 3.05) is 38.6 Å². The molecule has 1 aromatic rings. The molecule has 1 unspecified atom stereocenters. The van der Waals surface area contributed by atoms with Crippen LogP contribution in [0.4, 0.5) is 10.1 Å². The van der Waals surface area contributed by atoms with Crippen LogP contribution in [0.1, 0.15) is 31.9 Å². The molecule has 1 atom stereocenters. The number of allylic oxidation sites excluding steroid dienone is 1. The minimum atomic E-state index is -0.346. The van der Waals surface area contributed by atoms with Gasteiger partial charge in [-0.05, 0) is 58.3 Å². The predicted octanol–water partition coefficient (Wildman–Crippen LogP) is 3.69. The molecule has 0 spiro atoms. The second kappa shape index (κ2) is 15.9. The van der Waals surface area contributed by atoms with Gasteiger partial charge in [-0.2, -0.15) is 0 Å². The number of anilines is 1. The lowest BCUT2D eigenvalue weighted by atomic mass is 10.0. The lowest BCUT2D eigenvalue weighted by molar-refractivity contribution is 0.297. The van der Waals surface area contributed by atoms with Crippen molar-refractivity contribution in [1.82, 2.24) is 15.5 Å². The van der Waals surface area contributed by atoms with E-state index in [1.165, 1.54) is 19.6 Å². The van der Waals surface area contributed by atoms with Crippen molar-refractivity contribution in [3.63, 3.8) is 0 Å². The Kier molecular flexibility index (Phi) is 15.4. The van der Waals surface area contributed by atoms with Gasteiger partial charge in [0.2, 0.25) is 0 Å². The molecule has 0 heterocycles. The summed E-state index contributed by atoms with van der Waals surface area (Å²) in [5, 5.41) is 6.23. The second-order valence-electron chi connectivity index (χ2n) is 7.41. The summed E-state index contributed by atoms with van der Waals surface area (Å²) >= 11 is 2.03. The van der Waals surface area contributed by atoms with Gasteiger partial charge in [0.05, 0.1) is 0 Å². The summed E-state index contributed by atoms with van der Waals surface area (Å²) in [6.45, 7) is 11.0. The molecule has 0 aromatic heterocycles. The lowest BCUT2D eigenvalue weighted by Crippen LogP contribution is -2.37. The molecule has 9 heteroatoms. The molecule has 6 N–H and O–H groups in total. The number of nitrogens with one attached hydrogen (secondary N) is 2. The first-order valence-electron chi connectivity index (χ1n) is 9.83. The van der Waals surface area contributed by atoms with Crippen LogP contribution in [-0.4, -0.2) is 51.2 Å². The van der Waals surface area contributed by atoms with Gasteiger partial charge in [-0.25, -0.2) is 14.6 Å². The van der Waals surface area contributed by atoms with E-state index in [9.17, 15) is 4.39 Å². The summed E-state index contributed by atoms with van der Waals surface area (Å²) in [4.78, 5) is 2.05. The highest BCUT2D eigenvalue weighted by atomic mass is 127. The highest BCUT2D eigenvalue weighted by Gasteiger charge is 2.17. The van der Waals surface area contributed by atoms with E-state index in [4.69, 9.17) is 11.6 Å². The molecule has 1 rings (SSSR count). The fraction of sp³-hybridized carbons (Fsp3) is 0.524. The predicted molar refractivity (Wildman–Crippen MR) is 141 cm³/mol. The van der Waals surface area contributed by atoms with Crippen LogP contribution in [0.15, 0.2) is 30.5 Å².